The van der Waals surface area contributed by atoms with Crippen LogP contribution >= 0.6 is 0 Å². The highest BCUT2D eigenvalue weighted by Crippen LogP contribution is 2.53. The van der Waals surface area contributed by atoms with Crippen LogP contribution in [-0.2, 0) is 0 Å². The SMILES string of the molecule is C=CCCCCCCC[Si](C)(C)C(F)(F)C(F)(F)C(F)(F)CCC(F)(F)F. The lowest BCUT2D eigenvalue weighted by Gasteiger charge is -2.41. The number of halogens is 9. The monoisotopic (exact) mass is 430 g/mol. The van der Waals surface area contributed by atoms with Gasteiger partial charge in [-0.3, -0.25) is 0 Å². The molecule has 0 unspecified atom stereocenters. The molecule has 0 aliphatic rings. The Morgan fingerprint density at radius 2 is 1.22 bits per heavy atom. The first-order valence-corrected chi connectivity index (χ1v) is 12.0. The van der Waals surface area contributed by atoms with Crippen LogP contribution in [0.25, 0.3) is 0 Å². The van der Waals surface area contributed by atoms with Crippen molar-refractivity contribution >= 4 is 8.07 Å². The first kappa shape index (κ1) is 26.3. The molecule has 0 aliphatic carbocycles. The van der Waals surface area contributed by atoms with E-state index in [0.717, 1.165) is 32.4 Å². The Morgan fingerprint density at radius 1 is 0.741 bits per heavy atom. The predicted octanol–water partition coefficient (Wildman–Crippen LogP) is 8.01. The molecule has 0 saturated heterocycles. The summed E-state index contributed by atoms with van der Waals surface area (Å²) in [4.78, 5) is 0. The molecule has 0 bridgehead atoms. The van der Waals surface area contributed by atoms with Crippen LogP contribution in [0.15, 0.2) is 12.7 Å². The van der Waals surface area contributed by atoms with Gasteiger partial charge in [-0.15, -0.1) is 6.58 Å². The van der Waals surface area contributed by atoms with Gasteiger partial charge in [0.15, 0.2) is 0 Å². The molecule has 0 aliphatic heterocycles. The van der Waals surface area contributed by atoms with Gasteiger partial charge >= 0.3 is 18.0 Å². The average Bonchev–Trinajstić information content (AvgIpc) is 2.51. The van der Waals surface area contributed by atoms with E-state index in [1.54, 1.807) is 6.08 Å². The van der Waals surface area contributed by atoms with Crippen LogP contribution in [0.4, 0.5) is 39.5 Å². The molecule has 0 radical (unpaired) electrons. The maximum Gasteiger partial charge on any atom is 0.389 e. The van der Waals surface area contributed by atoms with E-state index in [2.05, 4.69) is 6.58 Å². The second-order valence-electron chi connectivity index (χ2n) is 7.45. The van der Waals surface area contributed by atoms with Crippen molar-refractivity contribution in [3.8, 4) is 0 Å². The molecule has 0 spiro atoms. The largest absolute Gasteiger partial charge is 0.389 e. The van der Waals surface area contributed by atoms with Gasteiger partial charge < -0.3 is 0 Å². The number of rotatable bonds is 13. The topological polar surface area (TPSA) is 0 Å². The zero-order chi connectivity index (χ0) is 21.6. The Bertz CT molecular complexity index is 456. The van der Waals surface area contributed by atoms with Crippen molar-refractivity contribution < 1.29 is 39.5 Å². The van der Waals surface area contributed by atoms with Crippen molar-refractivity contribution in [3.05, 3.63) is 12.7 Å². The summed E-state index contributed by atoms with van der Waals surface area (Å²) in [5.41, 5.74) is -5.03. The van der Waals surface area contributed by atoms with E-state index in [0.29, 0.717) is 12.8 Å². The highest BCUT2D eigenvalue weighted by Gasteiger charge is 2.75. The molecule has 0 heterocycles. The summed E-state index contributed by atoms with van der Waals surface area (Å²) >= 11 is 0. The normalized spacial score (nSPS) is 14.5. The minimum Gasteiger partial charge on any atom is -0.205 e. The van der Waals surface area contributed by atoms with Gasteiger partial charge in [-0.2, -0.15) is 30.7 Å². The predicted molar refractivity (Wildman–Crippen MR) is 90.3 cm³/mol. The van der Waals surface area contributed by atoms with Gasteiger partial charge in [0.25, 0.3) is 5.55 Å². The fourth-order valence-corrected chi connectivity index (χ4v) is 5.13. The number of hydrogen-bond acceptors (Lipinski definition) is 0. The van der Waals surface area contributed by atoms with Gasteiger partial charge in [0.1, 0.15) is 8.07 Å². The zero-order valence-electron chi connectivity index (χ0n) is 15.6. The molecule has 0 rings (SSSR count). The lowest BCUT2D eigenvalue weighted by molar-refractivity contribution is -0.291. The lowest BCUT2D eigenvalue weighted by atomic mass is 10.1. The Morgan fingerprint density at radius 3 is 1.70 bits per heavy atom. The molecular formula is C17H27F9Si. The molecule has 10 heteroatoms. The van der Waals surface area contributed by atoms with E-state index in [1.165, 1.54) is 0 Å². The van der Waals surface area contributed by atoms with Gasteiger partial charge in [-0.1, -0.05) is 50.9 Å². The first-order chi connectivity index (χ1) is 12.0. The molecule has 0 atom stereocenters. The summed E-state index contributed by atoms with van der Waals surface area (Å²) in [5, 5.41) is 0. The van der Waals surface area contributed by atoms with Crippen LogP contribution < -0.4 is 0 Å². The maximum absolute atomic E-state index is 14.3. The Hall–Kier alpha value is -0.673. The van der Waals surface area contributed by atoms with Crippen molar-refractivity contribution in [3.63, 3.8) is 0 Å². The van der Waals surface area contributed by atoms with Gasteiger partial charge in [0, 0.05) is 12.8 Å². The first-order valence-electron chi connectivity index (χ1n) is 8.83. The Kier molecular flexibility index (Phi) is 9.45. The smallest absolute Gasteiger partial charge is 0.205 e. The second kappa shape index (κ2) is 9.69. The third kappa shape index (κ3) is 7.34. The zero-order valence-corrected chi connectivity index (χ0v) is 16.6. The standard InChI is InChI=1S/C17H27F9Si/c1-4-5-6-7-8-9-10-13-27(2,3)17(25,26)16(23,24)14(18,19)11-12-15(20,21)22/h4H,1,5-13H2,2-3H3. The third-order valence-electron chi connectivity index (χ3n) is 4.64. The third-order valence-corrected chi connectivity index (χ3v) is 8.25. The molecule has 0 aromatic rings. The highest BCUT2D eigenvalue weighted by atomic mass is 28.3. The maximum atomic E-state index is 14.3. The van der Waals surface area contributed by atoms with Crippen molar-refractivity contribution in [2.75, 3.05) is 0 Å². The fraction of sp³-hybridized carbons (Fsp3) is 0.882. The van der Waals surface area contributed by atoms with E-state index in [1.807, 2.05) is 0 Å². The minimum absolute atomic E-state index is 0.188. The summed E-state index contributed by atoms with van der Waals surface area (Å²) in [7, 11) is -4.19. The summed E-state index contributed by atoms with van der Waals surface area (Å²) in [6.45, 7) is 5.30. The van der Waals surface area contributed by atoms with E-state index in [-0.39, 0.29) is 12.5 Å². The minimum atomic E-state index is -5.83. The number of alkyl halides is 9. The molecule has 0 fully saturated rings. The summed E-state index contributed by atoms with van der Waals surface area (Å²) in [6, 6.07) is -0.313. The molecular weight excluding hydrogens is 403 g/mol. The molecule has 162 valence electrons. The molecule has 0 N–H and O–H groups in total. The van der Waals surface area contributed by atoms with Crippen molar-refractivity contribution in [2.24, 2.45) is 0 Å². The summed E-state index contributed by atoms with van der Waals surface area (Å²) in [5.74, 6) is -11.3. The van der Waals surface area contributed by atoms with Crippen molar-refractivity contribution in [2.45, 2.75) is 94.1 Å². The highest BCUT2D eigenvalue weighted by molar-refractivity contribution is 6.80. The second-order valence-corrected chi connectivity index (χ2v) is 12.3. The molecule has 0 nitrogen and oxygen atoms in total. The average molecular weight is 430 g/mol. The van der Waals surface area contributed by atoms with Gasteiger partial charge in [-0.25, -0.2) is 8.78 Å². The Labute approximate surface area is 155 Å². The lowest BCUT2D eigenvalue weighted by Crippen LogP contribution is -2.65. The number of allylic oxidation sites excluding steroid dienone is 1. The molecule has 0 aromatic heterocycles. The van der Waals surface area contributed by atoms with E-state index in [4.69, 9.17) is 0 Å². The molecule has 0 aromatic carbocycles. The van der Waals surface area contributed by atoms with Gasteiger partial charge in [-0.05, 0) is 12.8 Å². The molecule has 27 heavy (non-hydrogen) atoms. The Balaban J connectivity index is 4.95. The van der Waals surface area contributed by atoms with Crippen molar-refractivity contribution in [1.29, 1.82) is 0 Å². The number of hydrogen-bond donors (Lipinski definition) is 0. The van der Waals surface area contributed by atoms with Crippen molar-refractivity contribution in [1.82, 2.24) is 0 Å². The van der Waals surface area contributed by atoms with Crippen LogP contribution in [0.2, 0.25) is 19.1 Å². The van der Waals surface area contributed by atoms with E-state index in [9.17, 15) is 39.5 Å². The summed E-state index contributed by atoms with van der Waals surface area (Å²) < 4.78 is 120. The van der Waals surface area contributed by atoms with Crippen LogP contribution in [0, 0.1) is 0 Å². The van der Waals surface area contributed by atoms with Gasteiger partial charge in [0.2, 0.25) is 0 Å². The fourth-order valence-electron chi connectivity index (χ4n) is 2.65. The van der Waals surface area contributed by atoms with Crippen LogP contribution in [0.1, 0.15) is 51.4 Å². The quantitative estimate of drug-likeness (QED) is 0.120. The molecule has 0 amide bonds. The van der Waals surface area contributed by atoms with E-state index >= 15 is 0 Å². The number of unbranched alkanes of at least 4 members (excludes halogenated alkanes) is 5. The summed E-state index contributed by atoms with van der Waals surface area (Å²) in [6.07, 6.45) is -4.15. The van der Waals surface area contributed by atoms with E-state index < -0.39 is 44.5 Å². The van der Waals surface area contributed by atoms with Crippen LogP contribution in [-0.4, -0.2) is 31.6 Å². The van der Waals surface area contributed by atoms with Crippen LogP contribution in [0.3, 0.4) is 0 Å². The molecule has 0 saturated carbocycles. The van der Waals surface area contributed by atoms with Gasteiger partial charge in [0.05, 0.1) is 0 Å². The van der Waals surface area contributed by atoms with Crippen LogP contribution in [0.5, 0.6) is 0 Å².